The number of nitrogens with zero attached hydrogens (tertiary/aromatic N) is 1. The summed E-state index contributed by atoms with van der Waals surface area (Å²) >= 11 is 1.15. The molecule has 2 aromatic carbocycles. The number of para-hydroxylation sites is 1. The molecule has 0 radical (unpaired) electrons. The summed E-state index contributed by atoms with van der Waals surface area (Å²) in [7, 11) is 1.56. The number of thioether (sulfide) groups is 1. The van der Waals surface area contributed by atoms with Gasteiger partial charge < -0.3 is 15.4 Å². The van der Waals surface area contributed by atoms with Crippen LogP contribution in [0.2, 0.25) is 0 Å². The van der Waals surface area contributed by atoms with Gasteiger partial charge in [0.25, 0.3) is 0 Å². The first-order chi connectivity index (χ1) is 14.0. The van der Waals surface area contributed by atoms with E-state index in [1.807, 2.05) is 49.4 Å². The minimum atomic E-state index is -0.410. The number of methoxy groups -OCH3 is 1. The fraction of sp³-hybridized carbons (Fsp3) is 0.227. The quantitative estimate of drug-likeness (QED) is 0.762. The topological polar surface area (TPSA) is 91.2 Å². The summed E-state index contributed by atoms with van der Waals surface area (Å²) in [6.07, 6.45) is 0.156. The molecule has 2 N–H and O–H groups in total. The number of hydrogen-bond donors (Lipinski definition) is 2. The van der Waals surface area contributed by atoms with Crippen molar-refractivity contribution in [2.75, 3.05) is 18.2 Å². The Morgan fingerprint density at radius 3 is 2.83 bits per heavy atom. The predicted octanol–water partition coefficient (Wildman–Crippen LogP) is 3.71. The summed E-state index contributed by atoms with van der Waals surface area (Å²) in [4.78, 5) is 24.6. The van der Waals surface area contributed by atoms with Gasteiger partial charge in [0, 0.05) is 23.6 Å². The van der Waals surface area contributed by atoms with Crippen LogP contribution < -0.4 is 15.4 Å². The molecule has 2 amide bonds. The molecule has 0 saturated heterocycles. The lowest BCUT2D eigenvalue weighted by atomic mass is 9.86. The fourth-order valence-electron chi connectivity index (χ4n) is 3.21. The highest BCUT2D eigenvalue weighted by molar-refractivity contribution is 8.03. The summed E-state index contributed by atoms with van der Waals surface area (Å²) in [6, 6.07) is 17.1. The van der Waals surface area contributed by atoms with Gasteiger partial charge in [0.05, 0.1) is 29.5 Å². The van der Waals surface area contributed by atoms with E-state index >= 15 is 0 Å². The zero-order valence-electron chi connectivity index (χ0n) is 16.2. The minimum Gasteiger partial charge on any atom is -0.496 e. The van der Waals surface area contributed by atoms with Crippen LogP contribution >= 0.6 is 11.8 Å². The molecule has 1 aliphatic heterocycles. The van der Waals surface area contributed by atoms with Gasteiger partial charge in [-0.15, -0.1) is 0 Å². The van der Waals surface area contributed by atoms with E-state index in [9.17, 15) is 14.9 Å². The molecule has 1 heterocycles. The number of rotatable bonds is 6. The molecule has 1 aliphatic rings. The standard InChI is InChI=1S/C22H21N3O3S/c1-14-6-5-7-15(10-14)24-21(27)13-29-22-18(12-23)17(11-20(26)25-22)16-8-3-4-9-19(16)28-2/h3-10,17H,11,13H2,1-2H3,(H,24,27)(H,25,26)/t17-/m0/s1. The van der Waals surface area contributed by atoms with Crippen molar-refractivity contribution in [1.29, 1.82) is 5.26 Å². The highest BCUT2D eigenvalue weighted by atomic mass is 32.2. The maximum Gasteiger partial charge on any atom is 0.234 e. The second kappa shape index (κ2) is 9.30. The van der Waals surface area contributed by atoms with Crippen molar-refractivity contribution in [3.8, 4) is 11.8 Å². The lowest BCUT2D eigenvalue weighted by Crippen LogP contribution is -2.31. The van der Waals surface area contributed by atoms with E-state index in [4.69, 9.17) is 4.74 Å². The third-order valence-electron chi connectivity index (χ3n) is 4.52. The van der Waals surface area contributed by atoms with Crippen LogP contribution in [0.5, 0.6) is 5.75 Å². The first kappa shape index (κ1) is 20.5. The van der Waals surface area contributed by atoms with Crippen molar-refractivity contribution >= 4 is 29.3 Å². The summed E-state index contributed by atoms with van der Waals surface area (Å²) < 4.78 is 5.40. The lowest BCUT2D eigenvalue weighted by Gasteiger charge is -2.26. The molecule has 0 spiro atoms. The highest BCUT2D eigenvalue weighted by Gasteiger charge is 2.31. The van der Waals surface area contributed by atoms with Gasteiger partial charge in [0.1, 0.15) is 5.75 Å². The number of nitrogens with one attached hydrogen (secondary N) is 2. The number of carbonyl (C=O) groups is 2. The van der Waals surface area contributed by atoms with Crippen LogP contribution in [0.15, 0.2) is 59.1 Å². The summed E-state index contributed by atoms with van der Waals surface area (Å²) in [5.74, 6) is -0.109. The number of amides is 2. The zero-order valence-corrected chi connectivity index (χ0v) is 17.0. The molecule has 0 fully saturated rings. The Balaban J connectivity index is 1.79. The SMILES string of the molecule is COc1ccccc1[C@@H]1CC(=O)NC(SCC(=O)Nc2cccc(C)c2)=C1C#N. The molecule has 0 bridgehead atoms. The lowest BCUT2D eigenvalue weighted by molar-refractivity contribution is -0.121. The van der Waals surface area contributed by atoms with Gasteiger partial charge in [-0.05, 0) is 30.7 Å². The molecule has 29 heavy (non-hydrogen) atoms. The van der Waals surface area contributed by atoms with Gasteiger partial charge in [-0.2, -0.15) is 5.26 Å². The molecule has 3 rings (SSSR count). The molecule has 0 aliphatic carbocycles. The number of hydrogen-bond acceptors (Lipinski definition) is 5. The smallest absolute Gasteiger partial charge is 0.234 e. The third kappa shape index (κ3) is 4.98. The van der Waals surface area contributed by atoms with Gasteiger partial charge in [0.2, 0.25) is 11.8 Å². The number of carbonyl (C=O) groups excluding carboxylic acids is 2. The molecule has 6 nitrogen and oxygen atoms in total. The van der Waals surface area contributed by atoms with Gasteiger partial charge in [-0.25, -0.2) is 0 Å². The first-order valence-corrected chi connectivity index (χ1v) is 10.1. The summed E-state index contributed by atoms with van der Waals surface area (Å²) in [6.45, 7) is 1.95. The molecule has 0 unspecified atom stereocenters. The summed E-state index contributed by atoms with van der Waals surface area (Å²) in [5.41, 5.74) is 2.97. The Bertz CT molecular complexity index is 1010. The zero-order chi connectivity index (χ0) is 20.8. The van der Waals surface area contributed by atoms with Crippen molar-refractivity contribution in [1.82, 2.24) is 5.32 Å². The van der Waals surface area contributed by atoms with Crippen LogP contribution in [-0.4, -0.2) is 24.7 Å². The van der Waals surface area contributed by atoms with E-state index in [0.29, 0.717) is 22.0 Å². The minimum absolute atomic E-state index is 0.0768. The molecule has 148 valence electrons. The van der Waals surface area contributed by atoms with E-state index < -0.39 is 5.92 Å². The van der Waals surface area contributed by atoms with E-state index in [-0.39, 0.29) is 24.0 Å². The summed E-state index contributed by atoms with van der Waals surface area (Å²) in [5, 5.41) is 15.7. The Hall–Kier alpha value is -3.24. The molecule has 2 aromatic rings. The van der Waals surface area contributed by atoms with Gasteiger partial charge in [0.15, 0.2) is 0 Å². The number of benzene rings is 2. The average Bonchev–Trinajstić information content (AvgIpc) is 2.71. The molecule has 7 heteroatoms. The van der Waals surface area contributed by atoms with Crippen molar-refractivity contribution < 1.29 is 14.3 Å². The molecular weight excluding hydrogens is 386 g/mol. The number of nitriles is 1. The fourth-order valence-corrected chi connectivity index (χ4v) is 4.09. The van der Waals surface area contributed by atoms with Crippen LogP contribution in [0.3, 0.4) is 0 Å². The van der Waals surface area contributed by atoms with Crippen LogP contribution in [-0.2, 0) is 9.59 Å². The Kier molecular flexibility index (Phi) is 6.57. The van der Waals surface area contributed by atoms with E-state index in [0.717, 1.165) is 22.9 Å². The maximum absolute atomic E-state index is 12.3. The maximum atomic E-state index is 12.3. The molecule has 1 atom stereocenters. The molecule has 0 aromatic heterocycles. The Labute approximate surface area is 173 Å². The van der Waals surface area contributed by atoms with Gasteiger partial charge in [-0.1, -0.05) is 42.1 Å². The Morgan fingerprint density at radius 1 is 1.31 bits per heavy atom. The van der Waals surface area contributed by atoms with Crippen LogP contribution in [0.4, 0.5) is 5.69 Å². The van der Waals surface area contributed by atoms with Gasteiger partial charge >= 0.3 is 0 Å². The molecule has 0 saturated carbocycles. The normalized spacial score (nSPS) is 16.0. The van der Waals surface area contributed by atoms with Crippen molar-refractivity contribution in [2.45, 2.75) is 19.3 Å². The highest BCUT2D eigenvalue weighted by Crippen LogP contribution is 2.39. The third-order valence-corrected chi connectivity index (χ3v) is 5.54. The van der Waals surface area contributed by atoms with E-state index in [2.05, 4.69) is 16.7 Å². The molecular formula is C22H21N3O3S. The van der Waals surface area contributed by atoms with Crippen LogP contribution in [0, 0.1) is 18.3 Å². The number of anilines is 1. The van der Waals surface area contributed by atoms with Crippen LogP contribution in [0.25, 0.3) is 0 Å². The van der Waals surface area contributed by atoms with Crippen LogP contribution in [0.1, 0.15) is 23.5 Å². The number of aryl methyl sites for hydroxylation is 1. The largest absolute Gasteiger partial charge is 0.496 e. The predicted molar refractivity (Wildman–Crippen MR) is 113 cm³/mol. The first-order valence-electron chi connectivity index (χ1n) is 9.08. The van der Waals surface area contributed by atoms with Crippen molar-refractivity contribution in [3.63, 3.8) is 0 Å². The average molecular weight is 407 g/mol. The number of ether oxygens (including phenoxy) is 1. The van der Waals surface area contributed by atoms with Crippen molar-refractivity contribution in [3.05, 3.63) is 70.3 Å². The van der Waals surface area contributed by atoms with Gasteiger partial charge in [-0.3, -0.25) is 9.59 Å². The van der Waals surface area contributed by atoms with Crippen molar-refractivity contribution in [2.24, 2.45) is 0 Å². The second-order valence-corrected chi connectivity index (χ2v) is 7.59. The monoisotopic (exact) mass is 407 g/mol. The second-order valence-electron chi connectivity index (χ2n) is 6.61. The van der Waals surface area contributed by atoms with E-state index in [1.54, 1.807) is 13.2 Å². The van der Waals surface area contributed by atoms with E-state index in [1.165, 1.54) is 0 Å². The Morgan fingerprint density at radius 2 is 2.10 bits per heavy atom. The number of allylic oxidation sites excluding steroid dienone is 1.